The number of nitrogens with one attached hydrogen (secondary N) is 1. The topological polar surface area (TPSA) is 63.2 Å². The molecule has 0 bridgehead atoms. The van der Waals surface area contributed by atoms with Gasteiger partial charge in [0.05, 0.1) is 6.61 Å². The van der Waals surface area contributed by atoms with Gasteiger partial charge >= 0.3 is 6.01 Å². The Bertz CT molecular complexity index is 412. The van der Waals surface area contributed by atoms with Crippen LogP contribution in [0.4, 0.5) is 11.9 Å². The molecule has 106 valence electrons. The number of aromatic nitrogens is 3. The van der Waals surface area contributed by atoms with E-state index in [1.165, 1.54) is 25.7 Å². The molecule has 1 aliphatic rings. The molecular weight excluding hydrogens is 242 g/mol. The number of hydrogen-bond donors (Lipinski definition) is 1. The van der Waals surface area contributed by atoms with E-state index in [9.17, 15) is 0 Å². The maximum atomic E-state index is 5.42. The van der Waals surface area contributed by atoms with Gasteiger partial charge < -0.3 is 15.0 Å². The van der Waals surface area contributed by atoms with Crippen LogP contribution in [0.1, 0.15) is 39.5 Å². The highest BCUT2D eigenvalue weighted by Crippen LogP contribution is 2.23. The van der Waals surface area contributed by atoms with Crippen molar-refractivity contribution in [1.82, 2.24) is 15.0 Å². The van der Waals surface area contributed by atoms with Gasteiger partial charge in [-0.15, -0.1) is 0 Å². The van der Waals surface area contributed by atoms with E-state index in [4.69, 9.17) is 4.74 Å². The molecule has 19 heavy (non-hydrogen) atoms. The van der Waals surface area contributed by atoms with Crippen molar-refractivity contribution in [3.05, 3.63) is 0 Å². The van der Waals surface area contributed by atoms with E-state index in [1.54, 1.807) is 7.05 Å². The Labute approximate surface area is 114 Å². The van der Waals surface area contributed by atoms with Crippen LogP contribution in [0.3, 0.4) is 0 Å². The third-order valence-corrected chi connectivity index (χ3v) is 3.41. The summed E-state index contributed by atoms with van der Waals surface area (Å²) in [6.07, 6.45) is 4.93. The zero-order valence-electron chi connectivity index (χ0n) is 12.0. The summed E-state index contributed by atoms with van der Waals surface area (Å²) in [5.74, 6) is 1.28. The highest BCUT2D eigenvalue weighted by molar-refractivity contribution is 5.39. The molecule has 2 rings (SSSR count). The molecule has 6 nitrogen and oxygen atoms in total. The molecule has 0 radical (unpaired) electrons. The van der Waals surface area contributed by atoms with Gasteiger partial charge in [-0.05, 0) is 26.7 Å². The summed E-state index contributed by atoms with van der Waals surface area (Å²) >= 11 is 0. The molecule has 1 saturated heterocycles. The minimum absolute atomic E-state index is 0.397. The van der Waals surface area contributed by atoms with Crippen molar-refractivity contribution in [2.24, 2.45) is 0 Å². The van der Waals surface area contributed by atoms with Gasteiger partial charge in [-0.3, -0.25) is 0 Å². The number of nitrogens with zero attached hydrogens (tertiary/aromatic N) is 4. The monoisotopic (exact) mass is 265 g/mol. The molecule has 1 N–H and O–H groups in total. The van der Waals surface area contributed by atoms with Gasteiger partial charge in [-0.1, -0.05) is 12.8 Å². The van der Waals surface area contributed by atoms with Gasteiger partial charge in [-0.25, -0.2) is 0 Å². The lowest BCUT2D eigenvalue weighted by Crippen LogP contribution is -2.34. The lowest BCUT2D eigenvalue weighted by Gasteiger charge is -2.27. The number of rotatable bonds is 4. The molecule has 6 heteroatoms. The first kappa shape index (κ1) is 13.8. The van der Waals surface area contributed by atoms with Crippen molar-refractivity contribution < 1.29 is 4.74 Å². The van der Waals surface area contributed by atoms with Crippen LogP contribution in [0.5, 0.6) is 6.01 Å². The molecule has 0 aliphatic carbocycles. The first-order valence-electron chi connectivity index (χ1n) is 7.08. The molecule has 1 aliphatic heterocycles. The molecule has 0 spiro atoms. The second-order valence-corrected chi connectivity index (χ2v) is 4.82. The van der Waals surface area contributed by atoms with Gasteiger partial charge in [-0.2, -0.15) is 15.0 Å². The van der Waals surface area contributed by atoms with Gasteiger partial charge in [0.15, 0.2) is 0 Å². The lowest BCUT2D eigenvalue weighted by molar-refractivity contribution is 0.311. The first-order valence-corrected chi connectivity index (χ1v) is 7.08. The molecule has 0 aromatic carbocycles. The molecule has 1 fully saturated rings. The molecule has 1 aromatic rings. The predicted molar refractivity (Wildman–Crippen MR) is 75.8 cm³/mol. The normalized spacial score (nSPS) is 19.9. The zero-order valence-corrected chi connectivity index (χ0v) is 12.0. The van der Waals surface area contributed by atoms with Crippen LogP contribution in [-0.2, 0) is 0 Å². The van der Waals surface area contributed by atoms with Crippen molar-refractivity contribution in [1.29, 1.82) is 0 Å². The summed E-state index contributed by atoms with van der Waals surface area (Å²) in [6, 6.07) is 0.859. The first-order chi connectivity index (χ1) is 9.24. The van der Waals surface area contributed by atoms with Crippen LogP contribution in [0.15, 0.2) is 0 Å². The van der Waals surface area contributed by atoms with E-state index in [2.05, 4.69) is 32.1 Å². The number of ether oxygens (including phenoxy) is 1. The van der Waals surface area contributed by atoms with Gasteiger partial charge in [0.1, 0.15) is 0 Å². The van der Waals surface area contributed by atoms with Gasteiger partial charge in [0.2, 0.25) is 11.9 Å². The minimum Gasteiger partial charge on any atom is -0.464 e. The van der Waals surface area contributed by atoms with E-state index in [1.807, 2.05) is 6.92 Å². The van der Waals surface area contributed by atoms with Gasteiger partial charge in [0, 0.05) is 19.6 Å². The maximum absolute atomic E-state index is 5.42. The van der Waals surface area contributed by atoms with E-state index < -0.39 is 0 Å². The Hall–Kier alpha value is -1.59. The fraction of sp³-hybridized carbons (Fsp3) is 0.769. The second kappa shape index (κ2) is 6.54. The van der Waals surface area contributed by atoms with Crippen molar-refractivity contribution in [3.63, 3.8) is 0 Å². The Morgan fingerprint density at radius 1 is 1.26 bits per heavy atom. The van der Waals surface area contributed by atoms with Crippen molar-refractivity contribution in [2.45, 2.75) is 45.6 Å². The summed E-state index contributed by atoms with van der Waals surface area (Å²) in [5.41, 5.74) is 0. The largest absolute Gasteiger partial charge is 0.464 e. The summed E-state index contributed by atoms with van der Waals surface area (Å²) in [7, 11) is 1.81. The van der Waals surface area contributed by atoms with E-state index in [0.29, 0.717) is 24.6 Å². The van der Waals surface area contributed by atoms with E-state index in [0.717, 1.165) is 12.5 Å². The van der Waals surface area contributed by atoms with E-state index >= 15 is 0 Å². The third-order valence-electron chi connectivity index (χ3n) is 3.41. The average molecular weight is 265 g/mol. The third kappa shape index (κ3) is 3.45. The van der Waals surface area contributed by atoms with Crippen LogP contribution in [-0.4, -0.2) is 41.2 Å². The number of hydrogen-bond acceptors (Lipinski definition) is 6. The number of anilines is 2. The maximum Gasteiger partial charge on any atom is 0.323 e. The molecule has 1 unspecified atom stereocenters. The SMILES string of the molecule is CCOc1nc(NC)nc(N2CCCCCC2C)n1. The predicted octanol–water partition coefficient (Wildman–Crippen LogP) is 2.08. The van der Waals surface area contributed by atoms with E-state index in [-0.39, 0.29) is 0 Å². The van der Waals surface area contributed by atoms with Crippen LogP contribution < -0.4 is 15.0 Å². The van der Waals surface area contributed by atoms with Gasteiger partial charge in [0.25, 0.3) is 0 Å². The molecule has 2 heterocycles. The Kier molecular flexibility index (Phi) is 4.76. The van der Waals surface area contributed by atoms with Crippen LogP contribution in [0.25, 0.3) is 0 Å². The minimum atomic E-state index is 0.397. The molecular formula is C13H23N5O. The summed E-state index contributed by atoms with van der Waals surface area (Å²) in [4.78, 5) is 15.4. The quantitative estimate of drug-likeness (QED) is 0.899. The molecule has 0 saturated carbocycles. The summed E-state index contributed by atoms with van der Waals surface area (Å²) in [6.45, 7) is 5.72. The second-order valence-electron chi connectivity index (χ2n) is 4.82. The highest BCUT2D eigenvalue weighted by atomic mass is 16.5. The summed E-state index contributed by atoms with van der Waals surface area (Å²) in [5, 5.41) is 2.97. The smallest absolute Gasteiger partial charge is 0.323 e. The van der Waals surface area contributed by atoms with Crippen molar-refractivity contribution >= 4 is 11.9 Å². The Balaban J connectivity index is 2.27. The zero-order chi connectivity index (χ0) is 13.7. The fourth-order valence-electron chi connectivity index (χ4n) is 2.35. The molecule has 0 amide bonds. The Morgan fingerprint density at radius 3 is 2.84 bits per heavy atom. The molecule has 1 aromatic heterocycles. The fourth-order valence-corrected chi connectivity index (χ4v) is 2.35. The Morgan fingerprint density at radius 2 is 2.11 bits per heavy atom. The summed E-state index contributed by atoms with van der Waals surface area (Å²) < 4.78 is 5.42. The standard InChI is InChI=1S/C13H23N5O/c1-4-19-13-16-11(14-3)15-12(17-13)18-9-7-5-6-8-10(18)2/h10H,4-9H2,1-3H3,(H,14,15,16,17). The van der Waals surface area contributed by atoms with Crippen LogP contribution in [0.2, 0.25) is 0 Å². The van der Waals surface area contributed by atoms with Crippen LogP contribution in [0, 0.1) is 0 Å². The lowest BCUT2D eigenvalue weighted by atomic mass is 10.1. The average Bonchev–Trinajstić information content (AvgIpc) is 2.63. The highest BCUT2D eigenvalue weighted by Gasteiger charge is 2.21. The van der Waals surface area contributed by atoms with Crippen LogP contribution >= 0.6 is 0 Å². The molecule has 1 atom stereocenters. The van der Waals surface area contributed by atoms with Crippen molar-refractivity contribution in [3.8, 4) is 6.01 Å². The van der Waals surface area contributed by atoms with Crippen molar-refractivity contribution in [2.75, 3.05) is 30.4 Å².